The monoisotopic (exact) mass is 466 g/mol. The molecule has 2 N–H and O–H groups in total. The first kappa shape index (κ1) is 20.7. The Morgan fingerprint density at radius 1 is 1.22 bits per heavy atom. The van der Waals surface area contributed by atoms with Gasteiger partial charge in [0.1, 0.15) is 10.3 Å². The number of benzene rings is 2. The van der Waals surface area contributed by atoms with E-state index in [4.69, 9.17) is 11.6 Å². The van der Waals surface area contributed by atoms with Gasteiger partial charge in [0.25, 0.3) is 0 Å². The van der Waals surface area contributed by atoms with Gasteiger partial charge in [-0.1, -0.05) is 48.9 Å². The zero-order valence-corrected chi connectivity index (χ0v) is 18.7. The zero-order valence-electron chi connectivity index (χ0n) is 17.1. The molecule has 0 fully saturated rings. The summed E-state index contributed by atoms with van der Waals surface area (Å²) in [6, 6.07) is 14.3. The quantitative estimate of drug-likeness (QED) is 0.556. The molecule has 8 heteroatoms. The fraction of sp³-hybridized carbons (Fsp3) is 0.208. The van der Waals surface area contributed by atoms with E-state index in [0.717, 1.165) is 17.8 Å². The largest absolute Gasteiger partial charge is 0.477 e. The van der Waals surface area contributed by atoms with Crippen LogP contribution in [0, 0.1) is 0 Å². The Labute approximate surface area is 193 Å². The molecule has 0 saturated carbocycles. The topological polar surface area (TPSA) is 86.7 Å². The highest BCUT2D eigenvalue weighted by molar-refractivity contribution is 7.15. The Morgan fingerprint density at radius 3 is 2.66 bits per heavy atom. The lowest BCUT2D eigenvalue weighted by atomic mass is 9.74. The second-order valence-corrected chi connectivity index (χ2v) is 9.39. The maximum absolute atomic E-state index is 13.9. The highest BCUT2D eigenvalue weighted by Crippen LogP contribution is 2.57. The number of rotatable bonds is 4. The lowest BCUT2D eigenvalue weighted by Gasteiger charge is -2.32. The number of aromatic carboxylic acids is 1. The minimum Gasteiger partial charge on any atom is -0.477 e. The lowest BCUT2D eigenvalue weighted by molar-refractivity contribution is -0.126. The number of anilines is 2. The molecule has 2 aromatic carbocycles. The van der Waals surface area contributed by atoms with Crippen LogP contribution in [0.1, 0.15) is 39.9 Å². The van der Waals surface area contributed by atoms with Gasteiger partial charge in [0.15, 0.2) is 0 Å². The first-order chi connectivity index (χ1) is 15.4. The van der Waals surface area contributed by atoms with Gasteiger partial charge in [-0.15, -0.1) is 11.3 Å². The third kappa shape index (κ3) is 2.81. The molecule has 2 aliphatic heterocycles. The van der Waals surface area contributed by atoms with Gasteiger partial charge in [-0.3, -0.25) is 9.59 Å². The summed E-state index contributed by atoms with van der Waals surface area (Å²) in [7, 11) is 0. The van der Waals surface area contributed by atoms with Crippen molar-refractivity contribution in [2.24, 2.45) is 0 Å². The predicted octanol–water partition coefficient (Wildman–Crippen LogP) is 5.15. The Balaban J connectivity index is 1.85. The number of nitrogens with one attached hydrogen (secondary N) is 1. The van der Waals surface area contributed by atoms with E-state index in [1.54, 1.807) is 35.2 Å². The minimum absolute atomic E-state index is 0.0908. The summed E-state index contributed by atoms with van der Waals surface area (Å²) < 4.78 is 0. The summed E-state index contributed by atoms with van der Waals surface area (Å²) in [4.78, 5) is 41.5. The molecule has 0 aliphatic carbocycles. The first-order valence-corrected chi connectivity index (χ1v) is 11.5. The molecule has 1 spiro atoms. The second-order valence-electron chi connectivity index (χ2n) is 7.93. The van der Waals surface area contributed by atoms with Gasteiger partial charge >= 0.3 is 5.97 Å². The number of carboxylic acid groups (broad SMARTS) is 1. The van der Waals surface area contributed by atoms with Gasteiger partial charge in [0, 0.05) is 22.8 Å². The first-order valence-electron chi connectivity index (χ1n) is 10.3. The van der Waals surface area contributed by atoms with Crippen molar-refractivity contribution in [1.29, 1.82) is 0 Å². The molecule has 162 valence electrons. The van der Waals surface area contributed by atoms with Crippen LogP contribution in [0.2, 0.25) is 5.02 Å². The number of amides is 2. The number of carbonyl (C=O) groups is 3. The fourth-order valence-corrected chi connectivity index (χ4v) is 6.25. The van der Waals surface area contributed by atoms with Gasteiger partial charge in [0.05, 0.1) is 17.0 Å². The SMILES string of the molecule is CCCN1C(=O)[C@@]2(CC(=O)Nc3c2sc(C(=O)O)c3-c2ccccc2)c2cc(Cl)ccc21. The van der Waals surface area contributed by atoms with E-state index < -0.39 is 11.4 Å². The van der Waals surface area contributed by atoms with Crippen LogP contribution >= 0.6 is 22.9 Å². The second kappa shape index (κ2) is 7.46. The summed E-state index contributed by atoms with van der Waals surface area (Å²) in [5, 5.41) is 13.3. The van der Waals surface area contributed by atoms with Gasteiger partial charge in [-0.05, 0) is 35.7 Å². The fourth-order valence-electron chi connectivity index (χ4n) is 4.76. The zero-order chi connectivity index (χ0) is 22.6. The lowest BCUT2D eigenvalue weighted by Crippen LogP contribution is -2.46. The molecular weight excluding hydrogens is 448 g/mol. The van der Waals surface area contributed by atoms with Crippen molar-refractivity contribution >= 4 is 52.1 Å². The van der Waals surface area contributed by atoms with Crippen LogP contribution in [0.4, 0.5) is 11.4 Å². The molecule has 1 aromatic heterocycles. The molecule has 0 unspecified atom stereocenters. The van der Waals surface area contributed by atoms with Crippen molar-refractivity contribution in [3.05, 3.63) is 68.9 Å². The van der Waals surface area contributed by atoms with Gasteiger partial charge in [-0.25, -0.2) is 4.79 Å². The average Bonchev–Trinajstić information content (AvgIpc) is 3.26. The van der Waals surface area contributed by atoms with Crippen LogP contribution in [-0.2, 0) is 15.0 Å². The Morgan fingerprint density at radius 2 is 1.97 bits per heavy atom. The predicted molar refractivity (Wildman–Crippen MR) is 125 cm³/mol. The number of fused-ring (bicyclic) bond motifs is 4. The number of carbonyl (C=O) groups excluding carboxylic acids is 2. The number of hydrogen-bond donors (Lipinski definition) is 2. The maximum Gasteiger partial charge on any atom is 0.346 e. The molecule has 32 heavy (non-hydrogen) atoms. The van der Waals surface area contributed by atoms with Crippen LogP contribution in [0.15, 0.2) is 48.5 Å². The van der Waals surface area contributed by atoms with E-state index in [2.05, 4.69) is 5.32 Å². The molecule has 0 radical (unpaired) electrons. The molecule has 3 aromatic rings. The highest BCUT2D eigenvalue weighted by atomic mass is 35.5. The van der Waals surface area contributed by atoms with Crippen LogP contribution in [-0.4, -0.2) is 29.4 Å². The Kier molecular flexibility index (Phi) is 4.83. The molecule has 2 amide bonds. The van der Waals surface area contributed by atoms with E-state index in [9.17, 15) is 19.5 Å². The molecule has 1 atom stereocenters. The van der Waals surface area contributed by atoms with E-state index in [0.29, 0.717) is 44.5 Å². The molecule has 2 aliphatic rings. The van der Waals surface area contributed by atoms with E-state index in [-0.39, 0.29) is 23.1 Å². The number of carboxylic acids is 1. The maximum atomic E-state index is 13.9. The molecule has 0 saturated heterocycles. The smallest absolute Gasteiger partial charge is 0.346 e. The van der Waals surface area contributed by atoms with Crippen molar-refractivity contribution in [3.8, 4) is 11.1 Å². The summed E-state index contributed by atoms with van der Waals surface area (Å²) >= 11 is 7.38. The number of nitrogens with zero attached hydrogens (tertiary/aromatic N) is 1. The van der Waals surface area contributed by atoms with E-state index in [1.165, 1.54) is 0 Å². The van der Waals surface area contributed by atoms with Crippen LogP contribution < -0.4 is 10.2 Å². The van der Waals surface area contributed by atoms with Crippen molar-refractivity contribution in [2.75, 3.05) is 16.8 Å². The molecule has 5 rings (SSSR count). The minimum atomic E-state index is -1.30. The number of thiophene rings is 1. The van der Waals surface area contributed by atoms with Crippen molar-refractivity contribution in [3.63, 3.8) is 0 Å². The van der Waals surface area contributed by atoms with Crippen molar-refractivity contribution in [1.82, 2.24) is 0 Å². The third-order valence-electron chi connectivity index (χ3n) is 6.01. The average molecular weight is 467 g/mol. The van der Waals surface area contributed by atoms with Gasteiger partial charge in [-0.2, -0.15) is 0 Å². The Hall–Kier alpha value is -3.16. The van der Waals surface area contributed by atoms with Crippen molar-refractivity contribution < 1.29 is 19.5 Å². The van der Waals surface area contributed by atoms with E-state index >= 15 is 0 Å². The summed E-state index contributed by atoms with van der Waals surface area (Å²) in [6.45, 7) is 2.48. The molecule has 3 heterocycles. The van der Waals surface area contributed by atoms with Crippen LogP contribution in [0.3, 0.4) is 0 Å². The number of hydrogen-bond acceptors (Lipinski definition) is 4. The number of halogens is 1. The molecule has 6 nitrogen and oxygen atoms in total. The third-order valence-corrected chi connectivity index (χ3v) is 7.58. The molecule has 0 bridgehead atoms. The normalized spacial score (nSPS) is 19.1. The molecular formula is C24H19ClN2O4S. The standard InChI is InChI=1S/C24H19ClN2O4S/c1-2-10-27-16-9-8-14(25)11-15(16)24(23(27)31)12-17(28)26-19-18(13-6-4-3-5-7-13)20(22(29)30)32-21(19)24/h3-9,11H,2,10,12H2,1H3,(H,26,28)(H,29,30)/t24-/m0/s1. The summed E-state index contributed by atoms with van der Waals surface area (Å²) in [5.74, 6) is -1.65. The van der Waals surface area contributed by atoms with Gasteiger partial charge < -0.3 is 15.3 Å². The summed E-state index contributed by atoms with van der Waals surface area (Å²) in [6.07, 6.45) is 0.642. The van der Waals surface area contributed by atoms with Gasteiger partial charge in [0.2, 0.25) is 11.8 Å². The van der Waals surface area contributed by atoms with Crippen molar-refractivity contribution in [2.45, 2.75) is 25.2 Å². The Bertz CT molecular complexity index is 1290. The summed E-state index contributed by atoms with van der Waals surface area (Å²) in [5.41, 5.74) is 1.56. The van der Waals surface area contributed by atoms with Crippen LogP contribution in [0.25, 0.3) is 11.1 Å². The van der Waals surface area contributed by atoms with Crippen LogP contribution in [0.5, 0.6) is 0 Å². The highest BCUT2D eigenvalue weighted by Gasteiger charge is 2.57. The van der Waals surface area contributed by atoms with E-state index in [1.807, 2.05) is 25.1 Å².